The Balaban J connectivity index is 1.67. The number of carbonyl (C=O) groups excluding carboxylic acids is 1. The number of halogens is 1. The normalized spacial score (nSPS) is 24.0. The number of rotatable bonds is 1. The van der Waals surface area contributed by atoms with E-state index in [1.807, 2.05) is 17.9 Å². The molecule has 4 nitrogen and oxygen atoms in total. The van der Waals surface area contributed by atoms with Gasteiger partial charge < -0.3 is 10.2 Å². The number of carbonyl (C=O) groups is 1. The molecule has 0 unspecified atom stereocenters. The summed E-state index contributed by atoms with van der Waals surface area (Å²) in [4.78, 5) is 19.1. The molecule has 2 aliphatic heterocycles. The lowest BCUT2D eigenvalue weighted by atomic mass is 10.0. The molecule has 1 N–H and O–H groups in total. The van der Waals surface area contributed by atoms with Crippen LogP contribution in [0.15, 0.2) is 24.3 Å². The Labute approximate surface area is 128 Å². The average molecular weight is 299 g/mol. The molecule has 5 heteroatoms. The van der Waals surface area contributed by atoms with Crippen molar-refractivity contribution in [2.24, 2.45) is 11.8 Å². The van der Waals surface area contributed by atoms with E-state index in [0.29, 0.717) is 28.6 Å². The maximum atomic E-state index is 13.3. The third-order valence-electron chi connectivity index (χ3n) is 4.88. The first-order chi connectivity index (χ1) is 10.6. The highest BCUT2D eigenvalue weighted by Crippen LogP contribution is 2.28. The second kappa shape index (κ2) is 5.02. The van der Waals surface area contributed by atoms with Crippen LogP contribution in [-0.2, 0) is 0 Å². The molecule has 0 spiro atoms. The first kappa shape index (κ1) is 13.6. The van der Waals surface area contributed by atoms with Crippen molar-refractivity contribution in [3.63, 3.8) is 0 Å². The lowest BCUT2D eigenvalue weighted by Crippen LogP contribution is -2.32. The van der Waals surface area contributed by atoms with Crippen molar-refractivity contribution in [1.29, 1.82) is 0 Å². The average Bonchev–Trinajstić information content (AvgIpc) is 3.07. The van der Waals surface area contributed by atoms with E-state index in [2.05, 4.69) is 10.3 Å². The summed E-state index contributed by atoms with van der Waals surface area (Å²) in [7, 11) is 0. The Kier molecular flexibility index (Phi) is 3.11. The molecular weight excluding hydrogens is 281 g/mol. The van der Waals surface area contributed by atoms with Gasteiger partial charge in [-0.3, -0.25) is 9.78 Å². The highest BCUT2D eigenvalue weighted by Gasteiger charge is 2.38. The Hall–Kier alpha value is -2.01. The second-order valence-corrected chi connectivity index (χ2v) is 6.35. The molecule has 2 atom stereocenters. The third-order valence-corrected chi connectivity index (χ3v) is 4.88. The number of hydrogen-bond acceptors (Lipinski definition) is 3. The summed E-state index contributed by atoms with van der Waals surface area (Å²) in [6.07, 6.45) is 0. The van der Waals surface area contributed by atoms with Gasteiger partial charge in [0.15, 0.2) is 0 Å². The zero-order valence-electron chi connectivity index (χ0n) is 12.5. The van der Waals surface area contributed by atoms with E-state index in [-0.39, 0.29) is 11.7 Å². The molecule has 1 aromatic carbocycles. The van der Waals surface area contributed by atoms with Crippen molar-refractivity contribution in [2.75, 3.05) is 26.2 Å². The van der Waals surface area contributed by atoms with Crippen LogP contribution >= 0.6 is 0 Å². The predicted molar refractivity (Wildman–Crippen MR) is 82.2 cm³/mol. The molecule has 22 heavy (non-hydrogen) atoms. The molecule has 3 heterocycles. The summed E-state index contributed by atoms with van der Waals surface area (Å²) in [5.41, 5.74) is 1.89. The second-order valence-electron chi connectivity index (χ2n) is 6.35. The van der Waals surface area contributed by atoms with E-state index >= 15 is 0 Å². The molecule has 2 aliphatic rings. The lowest BCUT2D eigenvalue weighted by Gasteiger charge is -2.18. The maximum Gasteiger partial charge on any atom is 0.255 e. The van der Waals surface area contributed by atoms with Crippen molar-refractivity contribution < 1.29 is 9.18 Å². The van der Waals surface area contributed by atoms with Gasteiger partial charge in [-0.2, -0.15) is 0 Å². The molecule has 0 aliphatic carbocycles. The fraction of sp³-hybridized carbons (Fsp3) is 0.412. The van der Waals surface area contributed by atoms with E-state index in [1.54, 1.807) is 6.07 Å². The van der Waals surface area contributed by atoms with Gasteiger partial charge in [0.05, 0.1) is 16.8 Å². The Morgan fingerprint density at radius 1 is 1.27 bits per heavy atom. The van der Waals surface area contributed by atoms with Crippen LogP contribution < -0.4 is 5.32 Å². The number of fused-ring (bicyclic) bond motifs is 2. The van der Waals surface area contributed by atoms with Crippen molar-refractivity contribution >= 4 is 16.8 Å². The van der Waals surface area contributed by atoms with Gasteiger partial charge >= 0.3 is 0 Å². The molecule has 1 amide bonds. The summed E-state index contributed by atoms with van der Waals surface area (Å²) in [5, 5.41) is 4.18. The summed E-state index contributed by atoms with van der Waals surface area (Å²) < 4.78 is 13.3. The quantitative estimate of drug-likeness (QED) is 0.876. The highest BCUT2D eigenvalue weighted by molar-refractivity contribution is 5.98. The van der Waals surface area contributed by atoms with Crippen LogP contribution in [-0.4, -0.2) is 42.0 Å². The first-order valence-corrected chi connectivity index (χ1v) is 7.69. The first-order valence-electron chi connectivity index (χ1n) is 7.69. The molecule has 2 aromatic rings. The minimum atomic E-state index is -0.307. The van der Waals surface area contributed by atoms with Gasteiger partial charge in [0.2, 0.25) is 0 Å². The van der Waals surface area contributed by atoms with Crippen LogP contribution in [0.25, 0.3) is 10.9 Å². The van der Waals surface area contributed by atoms with Crippen molar-refractivity contribution in [2.45, 2.75) is 6.92 Å². The number of nitrogens with zero attached hydrogens (tertiary/aromatic N) is 2. The smallest absolute Gasteiger partial charge is 0.255 e. The number of nitrogens with one attached hydrogen (secondary N) is 1. The number of aryl methyl sites for hydroxylation is 1. The standard InChI is InChI=1S/C17H18FN3O/c1-10-15(4-11-2-3-14(18)5-16(11)20-10)17(22)21-8-12-6-19-7-13(12)9-21/h2-5,12-13,19H,6-9H2,1H3/t12-,13+. The number of pyridine rings is 1. The molecule has 2 saturated heterocycles. The zero-order valence-corrected chi connectivity index (χ0v) is 12.5. The van der Waals surface area contributed by atoms with Gasteiger partial charge in [0.25, 0.3) is 5.91 Å². The van der Waals surface area contributed by atoms with Gasteiger partial charge in [-0.05, 0) is 37.0 Å². The number of hydrogen-bond donors (Lipinski definition) is 1. The molecular formula is C17H18FN3O. The molecule has 114 valence electrons. The van der Waals surface area contributed by atoms with Crippen molar-refractivity contribution in [1.82, 2.24) is 15.2 Å². The van der Waals surface area contributed by atoms with Gasteiger partial charge in [0.1, 0.15) is 5.82 Å². The van der Waals surface area contributed by atoms with Crippen LogP contribution in [0.1, 0.15) is 16.1 Å². The molecule has 0 radical (unpaired) electrons. The molecule has 1 aromatic heterocycles. The summed E-state index contributed by atoms with van der Waals surface area (Å²) in [6, 6.07) is 6.32. The number of benzene rings is 1. The van der Waals surface area contributed by atoms with Gasteiger partial charge in [0, 0.05) is 37.6 Å². The summed E-state index contributed by atoms with van der Waals surface area (Å²) >= 11 is 0. The predicted octanol–water partition coefficient (Wildman–Crippen LogP) is 1.97. The maximum absolute atomic E-state index is 13.3. The van der Waals surface area contributed by atoms with Crippen molar-refractivity contribution in [3.05, 3.63) is 41.3 Å². The van der Waals surface area contributed by atoms with Gasteiger partial charge in [-0.15, -0.1) is 0 Å². The fourth-order valence-corrected chi connectivity index (χ4v) is 3.64. The van der Waals surface area contributed by atoms with Crippen LogP contribution in [0.3, 0.4) is 0 Å². The van der Waals surface area contributed by atoms with Crippen LogP contribution in [0, 0.1) is 24.6 Å². The third kappa shape index (κ3) is 2.16. The SMILES string of the molecule is Cc1nc2cc(F)ccc2cc1C(=O)N1C[C@H]2CNC[C@H]2C1. The van der Waals surface area contributed by atoms with E-state index in [0.717, 1.165) is 31.6 Å². The molecule has 0 bridgehead atoms. The lowest BCUT2D eigenvalue weighted by molar-refractivity contribution is 0.0780. The molecule has 4 rings (SSSR count). The summed E-state index contributed by atoms with van der Waals surface area (Å²) in [5.74, 6) is 0.891. The fourth-order valence-electron chi connectivity index (χ4n) is 3.64. The van der Waals surface area contributed by atoms with Crippen LogP contribution in [0.2, 0.25) is 0 Å². The number of amides is 1. The van der Waals surface area contributed by atoms with E-state index < -0.39 is 0 Å². The van der Waals surface area contributed by atoms with Gasteiger partial charge in [-0.25, -0.2) is 4.39 Å². The topological polar surface area (TPSA) is 45.2 Å². The van der Waals surface area contributed by atoms with E-state index in [9.17, 15) is 9.18 Å². The monoisotopic (exact) mass is 299 g/mol. The zero-order chi connectivity index (χ0) is 15.3. The Morgan fingerprint density at radius 3 is 2.73 bits per heavy atom. The van der Waals surface area contributed by atoms with Crippen molar-refractivity contribution in [3.8, 4) is 0 Å². The van der Waals surface area contributed by atoms with Gasteiger partial charge in [-0.1, -0.05) is 0 Å². The minimum absolute atomic E-state index is 0.0469. The largest absolute Gasteiger partial charge is 0.338 e. The Bertz CT molecular complexity index is 749. The Morgan fingerprint density at radius 2 is 2.00 bits per heavy atom. The number of likely N-dealkylation sites (tertiary alicyclic amines) is 1. The number of aromatic nitrogens is 1. The molecule has 0 saturated carbocycles. The van der Waals surface area contributed by atoms with Crippen LogP contribution in [0.5, 0.6) is 0 Å². The minimum Gasteiger partial charge on any atom is -0.338 e. The van der Waals surface area contributed by atoms with E-state index in [1.165, 1.54) is 12.1 Å². The molecule has 2 fully saturated rings. The van der Waals surface area contributed by atoms with E-state index in [4.69, 9.17) is 0 Å². The van der Waals surface area contributed by atoms with Crippen LogP contribution in [0.4, 0.5) is 4.39 Å². The summed E-state index contributed by atoms with van der Waals surface area (Å²) in [6.45, 7) is 5.45. The highest BCUT2D eigenvalue weighted by atomic mass is 19.1.